The summed E-state index contributed by atoms with van der Waals surface area (Å²) >= 11 is 0. The molecular formula is C14H14B2LiO5. The van der Waals surface area contributed by atoms with Crippen LogP contribution in [0.15, 0.2) is 48.5 Å². The van der Waals surface area contributed by atoms with E-state index in [4.69, 9.17) is 13.9 Å². The second kappa shape index (κ2) is 10.4. The van der Waals surface area contributed by atoms with Gasteiger partial charge < -0.3 is 24.1 Å². The summed E-state index contributed by atoms with van der Waals surface area (Å²) in [5, 5.41) is 19.0. The largest absolute Gasteiger partial charge is 0.508 e. The Balaban J connectivity index is 0.00000242. The molecule has 0 saturated carbocycles. The molecule has 0 aliphatic heterocycles. The van der Waals surface area contributed by atoms with Crippen LogP contribution in [0.1, 0.15) is 11.1 Å². The van der Waals surface area contributed by atoms with Crippen molar-refractivity contribution in [1.29, 1.82) is 0 Å². The van der Waals surface area contributed by atoms with Gasteiger partial charge in [-0.15, -0.1) is 0 Å². The van der Waals surface area contributed by atoms with E-state index in [2.05, 4.69) is 0 Å². The maximum atomic E-state index is 9.51. The molecule has 0 aromatic heterocycles. The molecule has 0 bridgehead atoms. The number of benzene rings is 2. The molecule has 107 valence electrons. The van der Waals surface area contributed by atoms with Gasteiger partial charge >= 0.3 is 15.4 Å². The maximum absolute atomic E-state index is 9.51. The predicted molar refractivity (Wildman–Crippen MR) is 84.1 cm³/mol. The minimum atomic E-state index is 0. The Kier molecular flexibility index (Phi) is 8.83. The Labute approximate surface area is 143 Å². The third-order valence-electron chi connectivity index (χ3n) is 2.71. The molecule has 0 amide bonds. The third kappa shape index (κ3) is 6.18. The van der Waals surface area contributed by atoms with Gasteiger partial charge in [0.2, 0.25) is 0 Å². The molecule has 8 heteroatoms. The van der Waals surface area contributed by atoms with Crippen molar-refractivity contribution in [1.82, 2.24) is 0 Å². The molecular weight excluding hydrogens is 277 g/mol. The summed E-state index contributed by atoms with van der Waals surface area (Å²) in [6.07, 6.45) is 0. The van der Waals surface area contributed by atoms with E-state index >= 15 is 0 Å². The molecule has 0 atom stereocenters. The van der Waals surface area contributed by atoms with E-state index in [0.29, 0.717) is 11.1 Å². The van der Waals surface area contributed by atoms with Crippen molar-refractivity contribution < 1.29 is 24.1 Å². The molecule has 3 radical (unpaired) electrons. The maximum Gasteiger partial charge on any atom is 0.473 e. The number of phenolic OH excluding ortho intramolecular Hbond substituents is 2. The van der Waals surface area contributed by atoms with Gasteiger partial charge in [-0.05, 0) is 12.1 Å². The fraction of sp³-hybridized carbons (Fsp3) is 0.143. The molecule has 22 heavy (non-hydrogen) atoms. The Morgan fingerprint density at radius 3 is 1.55 bits per heavy atom. The second-order valence-corrected chi connectivity index (χ2v) is 4.21. The van der Waals surface area contributed by atoms with Gasteiger partial charge in [-0.3, -0.25) is 0 Å². The third-order valence-corrected chi connectivity index (χ3v) is 2.71. The van der Waals surface area contributed by atoms with Gasteiger partial charge in [0.1, 0.15) is 11.5 Å². The van der Waals surface area contributed by atoms with Crippen molar-refractivity contribution in [3.05, 3.63) is 59.7 Å². The quantitative estimate of drug-likeness (QED) is 0.570. The molecule has 0 saturated heterocycles. The Morgan fingerprint density at radius 2 is 1.14 bits per heavy atom. The standard InChI is InChI=1S/C14H14B2O5.Li/c17-13-7-3-1-5-11(13)9-19-15-21-16-20-10-12-6-2-4-8-14(12)18;/h1-8,17-18H,9-10H2;. The first kappa shape index (κ1) is 18.7. The fourth-order valence-electron chi connectivity index (χ4n) is 1.61. The Hall–Kier alpha value is -1.35. The van der Waals surface area contributed by atoms with Crippen molar-refractivity contribution in [3.63, 3.8) is 0 Å². The van der Waals surface area contributed by atoms with Crippen LogP contribution < -0.4 is 0 Å². The zero-order valence-electron chi connectivity index (χ0n) is 12.3. The van der Waals surface area contributed by atoms with Crippen LogP contribution in [0.3, 0.4) is 0 Å². The normalized spacial score (nSPS) is 9.82. The van der Waals surface area contributed by atoms with Crippen molar-refractivity contribution in [2.24, 2.45) is 0 Å². The average molecular weight is 291 g/mol. The van der Waals surface area contributed by atoms with E-state index < -0.39 is 0 Å². The summed E-state index contributed by atoms with van der Waals surface area (Å²) in [7, 11) is 2.22. The summed E-state index contributed by atoms with van der Waals surface area (Å²) < 4.78 is 15.1. The van der Waals surface area contributed by atoms with Crippen LogP contribution in [0, 0.1) is 0 Å². The number of aromatic hydroxyl groups is 2. The van der Waals surface area contributed by atoms with Crippen LogP contribution in [0.2, 0.25) is 0 Å². The zero-order chi connectivity index (χ0) is 14.9. The minimum absolute atomic E-state index is 0. The molecule has 2 rings (SSSR count). The van der Waals surface area contributed by atoms with Crippen LogP contribution in [0.25, 0.3) is 0 Å². The summed E-state index contributed by atoms with van der Waals surface area (Å²) in [6.45, 7) is 0.389. The van der Waals surface area contributed by atoms with Gasteiger partial charge in [0.15, 0.2) is 0 Å². The van der Waals surface area contributed by atoms with E-state index in [1.807, 2.05) is 0 Å². The first-order valence-electron chi connectivity index (χ1n) is 6.33. The minimum Gasteiger partial charge on any atom is -0.508 e. The molecule has 0 unspecified atom stereocenters. The van der Waals surface area contributed by atoms with E-state index in [0.717, 1.165) is 15.4 Å². The van der Waals surface area contributed by atoms with Crippen LogP contribution in [-0.2, 0) is 27.1 Å². The first-order valence-corrected chi connectivity index (χ1v) is 6.33. The van der Waals surface area contributed by atoms with Crippen LogP contribution in [0.5, 0.6) is 11.5 Å². The summed E-state index contributed by atoms with van der Waals surface area (Å²) in [4.78, 5) is 0. The first-order chi connectivity index (χ1) is 10.3. The smallest absolute Gasteiger partial charge is 0.473 e. The van der Waals surface area contributed by atoms with E-state index in [-0.39, 0.29) is 43.6 Å². The van der Waals surface area contributed by atoms with Gasteiger partial charge in [0.25, 0.3) is 0 Å². The van der Waals surface area contributed by atoms with Gasteiger partial charge in [-0.2, -0.15) is 0 Å². The number of hydrogen-bond donors (Lipinski definition) is 2. The van der Waals surface area contributed by atoms with Crippen LogP contribution in [0.4, 0.5) is 0 Å². The molecule has 0 heterocycles. The van der Waals surface area contributed by atoms with Gasteiger partial charge in [0, 0.05) is 30.0 Å². The number of para-hydroxylation sites is 2. The fourth-order valence-corrected chi connectivity index (χ4v) is 1.61. The van der Waals surface area contributed by atoms with Gasteiger partial charge in [0.05, 0.1) is 13.2 Å². The second-order valence-electron chi connectivity index (χ2n) is 4.21. The molecule has 2 aromatic rings. The van der Waals surface area contributed by atoms with Gasteiger partial charge in [-0.25, -0.2) is 0 Å². The number of phenols is 2. The van der Waals surface area contributed by atoms with Crippen LogP contribution >= 0.6 is 0 Å². The summed E-state index contributed by atoms with van der Waals surface area (Å²) in [5.41, 5.74) is 1.32. The number of rotatable bonds is 8. The monoisotopic (exact) mass is 291 g/mol. The van der Waals surface area contributed by atoms with Crippen LogP contribution in [-0.4, -0.2) is 44.4 Å². The topological polar surface area (TPSA) is 68.2 Å². The summed E-state index contributed by atoms with van der Waals surface area (Å²) in [5.74, 6) is 0.344. The van der Waals surface area contributed by atoms with E-state index in [1.165, 1.54) is 0 Å². The molecule has 5 nitrogen and oxygen atoms in total. The molecule has 0 aliphatic rings. The van der Waals surface area contributed by atoms with E-state index in [9.17, 15) is 10.2 Å². The Bertz CT molecular complexity index is 521. The SMILES string of the molecule is Oc1ccccc1CO[B]O[B]OCc1ccccc1O.[Li]. The van der Waals surface area contributed by atoms with Crippen molar-refractivity contribution in [2.75, 3.05) is 0 Å². The van der Waals surface area contributed by atoms with Gasteiger partial charge in [-0.1, -0.05) is 36.4 Å². The molecule has 0 spiro atoms. The van der Waals surface area contributed by atoms with Crippen molar-refractivity contribution in [3.8, 4) is 11.5 Å². The molecule has 0 aliphatic carbocycles. The molecule has 2 aromatic carbocycles. The summed E-state index contributed by atoms with van der Waals surface area (Å²) in [6, 6.07) is 13.8. The van der Waals surface area contributed by atoms with E-state index in [1.54, 1.807) is 48.5 Å². The zero-order valence-corrected chi connectivity index (χ0v) is 12.3. The molecule has 2 N–H and O–H groups in total. The Morgan fingerprint density at radius 1 is 0.727 bits per heavy atom. The molecule has 0 fully saturated rings. The number of hydrogen-bond acceptors (Lipinski definition) is 5. The van der Waals surface area contributed by atoms with Crippen molar-refractivity contribution in [2.45, 2.75) is 13.2 Å². The predicted octanol–water partition coefficient (Wildman–Crippen LogP) is 1.54. The van der Waals surface area contributed by atoms with Crippen molar-refractivity contribution >= 4 is 34.2 Å². The average Bonchev–Trinajstić information content (AvgIpc) is 2.50.